The van der Waals surface area contributed by atoms with Gasteiger partial charge in [0.1, 0.15) is 11.4 Å². The van der Waals surface area contributed by atoms with Gasteiger partial charge in [0, 0.05) is 23.2 Å². The highest BCUT2D eigenvalue weighted by Gasteiger charge is 2.79. The number of carbonyl (C=O) groups excluding carboxylic acids is 2. The summed E-state index contributed by atoms with van der Waals surface area (Å²) in [5, 5.41) is 0. The SMILES string of the molecule is C[C@@H]1C[C@H]2[C@@H]3CCC4=CC(=O)CC[C@]4(C)[C@@]34O[C@H]4C[C@]2(C)C1=O. The molecule has 1 spiro atoms. The van der Waals surface area contributed by atoms with Crippen LogP contribution in [0.1, 0.15) is 59.3 Å². The summed E-state index contributed by atoms with van der Waals surface area (Å²) in [6, 6.07) is 0. The van der Waals surface area contributed by atoms with Gasteiger partial charge in [-0.2, -0.15) is 0 Å². The van der Waals surface area contributed by atoms with Crippen LogP contribution in [-0.4, -0.2) is 23.3 Å². The number of hydrogen-bond acceptors (Lipinski definition) is 3. The highest BCUT2D eigenvalue weighted by atomic mass is 16.6. The van der Waals surface area contributed by atoms with Crippen LogP contribution >= 0.6 is 0 Å². The topological polar surface area (TPSA) is 46.7 Å². The normalized spacial score (nSPS) is 57.1. The van der Waals surface area contributed by atoms with Crippen molar-refractivity contribution in [3.05, 3.63) is 11.6 Å². The van der Waals surface area contributed by atoms with E-state index in [1.807, 2.05) is 6.08 Å². The van der Waals surface area contributed by atoms with Gasteiger partial charge in [-0.05, 0) is 50.0 Å². The van der Waals surface area contributed by atoms with Crippen LogP contribution in [0.3, 0.4) is 0 Å². The molecule has 7 atom stereocenters. The van der Waals surface area contributed by atoms with Crippen molar-refractivity contribution < 1.29 is 14.3 Å². The molecule has 3 heteroatoms. The number of carbonyl (C=O) groups is 2. The first kappa shape index (κ1) is 14.4. The van der Waals surface area contributed by atoms with E-state index in [1.54, 1.807) is 0 Å². The van der Waals surface area contributed by atoms with E-state index in [1.165, 1.54) is 5.57 Å². The first-order valence-corrected chi connectivity index (χ1v) is 9.29. The summed E-state index contributed by atoms with van der Waals surface area (Å²) in [5.74, 6) is 1.93. The molecule has 0 aromatic rings. The highest BCUT2D eigenvalue weighted by molar-refractivity contribution is 5.92. The summed E-state index contributed by atoms with van der Waals surface area (Å²) in [4.78, 5) is 24.7. The number of Topliss-reactive ketones (excluding diaryl/α,β-unsaturated/α-hetero) is 1. The quantitative estimate of drug-likeness (QED) is 0.643. The van der Waals surface area contributed by atoms with Crippen LogP contribution in [0.5, 0.6) is 0 Å². The van der Waals surface area contributed by atoms with Gasteiger partial charge in [-0.1, -0.05) is 26.3 Å². The van der Waals surface area contributed by atoms with Gasteiger partial charge < -0.3 is 4.74 Å². The summed E-state index contributed by atoms with van der Waals surface area (Å²) in [6.07, 6.45) is 7.76. The van der Waals surface area contributed by atoms with E-state index in [0.29, 0.717) is 24.0 Å². The van der Waals surface area contributed by atoms with Gasteiger partial charge in [0.05, 0.1) is 6.10 Å². The Kier molecular flexibility index (Phi) is 2.49. The van der Waals surface area contributed by atoms with Gasteiger partial charge in [0.15, 0.2) is 5.78 Å². The van der Waals surface area contributed by atoms with E-state index in [-0.39, 0.29) is 34.2 Å². The minimum atomic E-state index is -0.170. The van der Waals surface area contributed by atoms with Crippen LogP contribution in [0.15, 0.2) is 11.6 Å². The molecule has 5 rings (SSSR count). The Bertz CT molecular complexity index is 664. The summed E-state index contributed by atoms with van der Waals surface area (Å²) >= 11 is 0. The Hall–Kier alpha value is -0.960. The second-order valence-electron chi connectivity index (χ2n) is 9.24. The zero-order chi connectivity index (χ0) is 16.2. The average molecular weight is 314 g/mol. The molecule has 0 bridgehead atoms. The maximum absolute atomic E-state index is 12.8. The fourth-order valence-electron chi connectivity index (χ4n) is 7.13. The molecule has 0 amide bonds. The van der Waals surface area contributed by atoms with Gasteiger partial charge in [-0.3, -0.25) is 9.59 Å². The zero-order valence-electron chi connectivity index (χ0n) is 14.4. The lowest BCUT2D eigenvalue weighted by molar-refractivity contribution is -0.132. The Morgan fingerprint density at radius 3 is 2.74 bits per heavy atom. The smallest absolute Gasteiger partial charge is 0.155 e. The number of fused-ring (bicyclic) bond motifs is 3. The second-order valence-corrected chi connectivity index (χ2v) is 9.24. The monoisotopic (exact) mass is 314 g/mol. The van der Waals surface area contributed by atoms with Gasteiger partial charge in [0.25, 0.3) is 0 Å². The molecule has 0 N–H and O–H groups in total. The highest BCUT2D eigenvalue weighted by Crippen LogP contribution is 2.74. The molecule has 4 fully saturated rings. The van der Waals surface area contributed by atoms with Gasteiger partial charge >= 0.3 is 0 Å². The van der Waals surface area contributed by atoms with Gasteiger partial charge in [-0.25, -0.2) is 0 Å². The second kappa shape index (κ2) is 3.99. The van der Waals surface area contributed by atoms with Crippen molar-refractivity contribution in [1.82, 2.24) is 0 Å². The van der Waals surface area contributed by atoms with Gasteiger partial charge in [-0.15, -0.1) is 0 Å². The van der Waals surface area contributed by atoms with Crippen LogP contribution in [0.4, 0.5) is 0 Å². The third kappa shape index (κ3) is 1.43. The van der Waals surface area contributed by atoms with E-state index in [0.717, 1.165) is 32.1 Å². The molecule has 5 aliphatic rings. The van der Waals surface area contributed by atoms with Crippen molar-refractivity contribution in [1.29, 1.82) is 0 Å². The van der Waals surface area contributed by atoms with Crippen LogP contribution in [0, 0.1) is 28.6 Å². The summed E-state index contributed by atoms with van der Waals surface area (Å²) in [7, 11) is 0. The van der Waals surface area contributed by atoms with Crippen molar-refractivity contribution in [3.63, 3.8) is 0 Å². The Balaban J connectivity index is 1.61. The first-order chi connectivity index (χ1) is 10.8. The Labute approximate surface area is 137 Å². The van der Waals surface area contributed by atoms with Crippen molar-refractivity contribution in [2.75, 3.05) is 0 Å². The molecule has 0 aromatic heterocycles. The molecule has 1 heterocycles. The fourth-order valence-corrected chi connectivity index (χ4v) is 7.13. The lowest BCUT2D eigenvalue weighted by Crippen LogP contribution is -2.57. The van der Waals surface area contributed by atoms with E-state index >= 15 is 0 Å². The largest absolute Gasteiger partial charge is 0.365 e. The number of ketones is 2. The molecule has 1 saturated heterocycles. The average Bonchev–Trinajstić information content (AvgIpc) is 3.17. The maximum Gasteiger partial charge on any atom is 0.155 e. The first-order valence-electron chi connectivity index (χ1n) is 9.29. The summed E-state index contributed by atoms with van der Waals surface area (Å²) < 4.78 is 6.46. The molecular weight excluding hydrogens is 288 g/mol. The predicted octanol–water partition coefficient (Wildman–Crippen LogP) is 3.46. The molecule has 124 valence electrons. The molecule has 3 nitrogen and oxygen atoms in total. The third-order valence-electron chi connectivity index (χ3n) is 8.34. The van der Waals surface area contributed by atoms with Crippen molar-refractivity contribution in [3.8, 4) is 0 Å². The van der Waals surface area contributed by atoms with Crippen molar-refractivity contribution >= 4 is 11.6 Å². The van der Waals surface area contributed by atoms with Crippen LogP contribution in [-0.2, 0) is 14.3 Å². The minimum absolute atomic E-state index is 0.0186. The summed E-state index contributed by atoms with van der Waals surface area (Å²) in [6.45, 7) is 6.65. The number of rotatable bonds is 0. The van der Waals surface area contributed by atoms with Crippen molar-refractivity contribution in [2.24, 2.45) is 28.6 Å². The van der Waals surface area contributed by atoms with Crippen molar-refractivity contribution in [2.45, 2.75) is 71.0 Å². The molecule has 4 aliphatic carbocycles. The summed E-state index contributed by atoms with van der Waals surface area (Å²) in [5.41, 5.74) is 1.10. The van der Waals surface area contributed by atoms with E-state index in [9.17, 15) is 9.59 Å². The van der Waals surface area contributed by atoms with Crippen LogP contribution in [0.2, 0.25) is 0 Å². The standard InChI is InChI=1S/C20H26O3/c1-11-8-15-14-5-4-12-9-13(21)6-7-19(12,3)20(14)16(23-20)10-18(15,2)17(11)22/h9,11,14-16H,4-8,10H2,1-3H3/t11-,14+,15+,16+,18+,19+,20-/m1/s1. The zero-order valence-corrected chi connectivity index (χ0v) is 14.4. The Morgan fingerprint density at radius 2 is 1.96 bits per heavy atom. The van der Waals surface area contributed by atoms with E-state index in [2.05, 4.69) is 20.8 Å². The molecule has 0 radical (unpaired) electrons. The van der Waals surface area contributed by atoms with E-state index in [4.69, 9.17) is 4.74 Å². The number of epoxide rings is 1. The van der Waals surface area contributed by atoms with Gasteiger partial charge in [0.2, 0.25) is 0 Å². The lowest BCUT2D eigenvalue weighted by Gasteiger charge is -2.54. The van der Waals surface area contributed by atoms with Crippen LogP contribution < -0.4 is 0 Å². The fraction of sp³-hybridized carbons (Fsp3) is 0.800. The van der Waals surface area contributed by atoms with E-state index < -0.39 is 0 Å². The molecule has 0 aromatic carbocycles. The predicted molar refractivity (Wildman–Crippen MR) is 85.8 cm³/mol. The molecular formula is C20H26O3. The lowest BCUT2D eigenvalue weighted by atomic mass is 9.47. The van der Waals surface area contributed by atoms with Crippen LogP contribution in [0.25, 0.3) is 0 Å². The molecule has 23 heavy (non-hydrogen) atoms. The third-order valence-corrected chi connectivity index (χ3v) is 8.34. The molecule has 3 saturated carbocycles. The maximum atomic E-state index is 12.8. The molecule has 1 aliphatic heterocycles. The number of hydrogen-bond donors (Lipinski definition) is 0. The molecule has 0 unspecified atom stereocenters. The Morgan fingerprint density at radius 1 is 1.17 bits per heavy atom. The number of ether oxygens (including phenoxy) is 1. The minimum Gasteiger partial charge on any atom is -0.365 e.